The summed E-state index contributed by atoms with van der Waals surface area (Å²) in [6.07, 6.45) is 0. The molecule has 0 aliphatic carbocycles. The molecule has 0 saturated carbocycles. The first-order valence-corrected chi connectivity index (χ1v) is 10.6. The van der Waals surface area contributed by atoms with E-state index in [-0.39, 0.29) is 34.3 Å². The average molecular weight is 467 g/mol. The first kappa shape index (κ1) is 22.2. The smallest absolute Gasteiger partial charge is 0.266 e. The molecule has 1 amide bonds. The number of hydrogen-bond donors (Lipinski definition) is 1. The van der Waals surface area contributed by atoms with Crippen molar-refractivity contribution in [3.05, 3.63) is 70.8 Å². The molecule has 1 N–H and O–H groups in total. The van der Waals surface area contributed by atoms with Crippen LogP contribution in [0.3, 0.4) is 0 Å². The molecule has 0 saturated heterocycles. The number of hydrogen-bond acceptors (Lipinski definition) is 8. The van der Waals surface area contributed by atoms with Gasteiger partial charge in [-0.05, 0) is 24.3 Å². The number of nitrogens with one attached hydrogen (secondary N) is 1. The van der Waals surface area contributed by atoms with Crippen molar-refractivity contribution < 1.29 is 18.7 Å². The van der Waals surface area contributed by atoms with Gasteiger partial charge in [0.15, 0.2) is 5.16 Å². The predicted molar refractivity (Wildman–Crippen MR) is 122 cm³/mol. The van der Waals surface area contributed by atoms with E-state index in [1.807, 2.05) is 0 Å². The first-order chi connectivity index (χ1) is 16.0. The van der Waals surface area contributed by atoms with Crippen LogP contribution in [0, 0.1) is 5.82 Å². The Balaban J connectivity index is 1.65. The highest BCUT2D eigenvalue weighted by atomic mass is 32.2. The van der Waals surface area contributed by atoms with Crippen LogP contribution in [-0.4, -0.2) is 45.4 Å². The Bertz CT molecular complexity index is 1370. The fourth-order valence-corrected chi connectivity index (χ4v) is 3.82. The number of thioether (sulfide) groups is 1. The van der Waals surface area contributed by atoms with Crippen LogP contribution in [0.5, 0.6) is 11.8 Å². The zero-order valence-electron chi connectivity index (χ0n) is 17.6. The third kappa shape index (κ3) is 4.77. The fourth-order valence-electron chi connectivity index (χ4n) is 3.01. The van der Waals surface area contributed by atoms with Gasteiger partial charge in [0.1, 0.15) is 5.82 Å². The quantitative estimate of drug-likeness (QED) is 0.326. The Morgan fingerprint density at radius 1 is 1.03 bits per heavy atom. The third-order valence-corrected chi connectivity index (χ3v) is 5.46. The van der Waals surface area contributed by atoms with Gasteiger partial charge >= 0.3 is 0 Å². The summed E-state index contributed by atoms with van der Waals surface area (Å²) in [5, 5.41) is 3.06. The summed E-state index contributed by atoms with van der Waals surface area (Å²) in [5.41, 5.74) is 0.0536. The van der Waals surface area contributed by atoms with E-state index in [9.17, 15) is 14.0 Å². The lowest BCUT2D eigenvalue weighted by Gasteiger charge is -2.13. The second-order valence-corrected chi connectivity index (χ2v) is 7.56. The lowest BCUT2D eigenvalue weighted by atomic mass is 10.2. The van der Waals surface area contributed by atoms with Crippen molar-refractivity contribution in [3.63, 3.8) is 0 Å². The highest BCUT2D eigenvalue weighted by molar-refractivity contribution is 7.99. The first-order valence-electron chi connectivity index (χ1n) is 9.66. The van der Waals surface area contributed by atoms with E-state index in [2.05, 4.69) is 20.3 Å². The Kier molecular flexibility index (Phi) is 6.50. The number of nitrogens with zero attached hydrogens (tertiary/aromatic N) is 4. The molecule has 2 heterocycles. The number of anilines is 1. The zero-order chi connectivity index (χ0) is 23.4. The third-order valence-electron chi connectivity index (χ3n) is 4.52. The highest BCUT2D eigenvalue weighted by Crippen LogP contribution is 2.23. The van der Waals surface area contributed by atoms with Crippen LogP contribution >= 0.6 is 11.8 Å². The van der Waals surface area contributed by atoms with Crippen molar-refractivity contribution in [2.45, 2.75) is 5.16 Å². The summed E-state index contributed by atoms with van der Waals surface area (Å²) in [4.78, 5) is 38.3. The molecule has 0 bridgehead atoms. The monoisotopic (exact) mass is 467 g/mol. The second kappa shape index (κ2) is 9.65. The van der Waals surface area contributed by atoms with E-state index in [4.69, 9.17) is 9.47 Å². The van der Waals surface area contributed by atoms with Crippen molar-refractivity contribution in [2.24, 2.45) is 0 Å². The maximum atomic E-state index is 14.5. The van der Waals surface area contributed by atoms with Crippen LogP contribution in [0.4, 0.5) is 10.3 Å². The van der Waals surface area contributed by atoms with Crippen LogP contribution in [0.1, 0.15) is 0 Å². The van der Waals surface area contributed by atoms with Crippen molar-refractivity contribution >= 4 is 34.5 Å². The van der Waals surface area contributed by atoms with Gasteiger partial charge in [-0.3, -0.25) is 19.5 Å². The minimum atomic E-state index is -0.583. The van der Waals surface area contributed by atoms with Crippen molar-refractivity contribution in [2.75, 3.05) is 25.3 Å². The van der Waals surface area contributed by atoms with Crippen molar-refractivity contribution in [1.29, 1.82) is 0 Å². The summed E-state index contributed by atoms with van der Waals surface area (Å²) in [5.74, 6) is -0.751. The molecule has 168 valence electrons. The normalized spacial score (nSPS) is 10.8. The number of carbonyl (C=O) groups excluding carboxylic acids is 1. The summed E-state index contributed by atoms with van der Waals surface area (Å²) < 4.78 is 25.8. The summed E-state index contributed by atoms with van der Waals surface area (Å²) in [6, 6.07) is 14.1. The number of fused-ring (bicyclic) bond motifs is 1. The molecule has 2 aromatic heterocycles. The van der Waals surface area contributed by atoms with Gasteiger partial charge in [0, 0.05) is 0 Å². The van der Waals surface area contributed by atoms with Crippen LogP contribution in [0.15, 0.2) is 64.5 Å². The van der Waals surface area contributed by atoms with Gasteiger partial charge in [-0.1, -0.05) is 36.0 Å². The van der Waals surface area contributed by atoms with E-state index < -0.39 is 17.3 Å². The molecule has 9 nitrogen and oxygen atoms in total. The minimum absolute atomic E-state index is 0.00485. The van der Waals surface area contributed by atoms with Crippen LogP contribution in [-0.2, 0) is 4.79 Å². The SMILES string of the molecule is COc1cc(OC)nc(NC(=O)CSc2nc3ccccc3c(=O)n2-c2ccccc2F)n1. The van der Waals surface area contributed by atoms with Crippen LogP contribution < -0.4 is 20.3 Å². The van der Waals surface area contributed by atoms with Crippen LogP contribution in [0.25, 0.3) is 16.6 Å². The Morgan fingerprint density at radius 2 is 1.70 bits per heavy atom. The lowest BCUT2D eigenvalue weighted by Crippen LogP contribution is -2.24. The number of benzene rings is 2. The van der Waals surface area contributed by atoms with Gasteiger partial charge in [-0.2, -0.15) is 9.97 Å². The van der Waals surface area contributed by atoms with Crippen LogP contribution in [0.2, 0.25) is 0 Å². The maximum absolute atomic E-state index is 14.5. The van der Waals surface area contributed by atoms with E-state index in [0.29, 0.717) is 10.9 Å². The summed E-state index contributed by atoms with van der Waals surface area (Å²) >= 11 is 0.982. The van der Waals surface area contributed by atoms with Gasteiger partial charge in [0.05, 0.1) is 42.6 Å². The second-order valence-electron chi connectivity index (χ2n) is 6.62. The summed E-state index contributed by atoms with van der Waals surface area (Å²) in [6.45, 7) is 0. The molecule has 11 heteroatoms. The number of halogens is 1. The predicted octanol–water partition coefficient (Wildman–Crippen LogP) is 3.06. The molecule has 0 radical (unpaired) electrons. The van der Waals surface area contributed by atoms with Gasteiger partial charge in [-0.25, -0.2) is 9.37 Å². The summed E-state index contributed by atoms with van der Waals surface area (Å²) in [7, 11) is 2.85. The van der Waals surface area contributed by atoms with E-state index in [0.717, 1.165) is 11.8 Å². The minimum Gasteiger partial charge on any atom is -0.481 e. The van der Waals surface area contributed by atoms with E-state index in [1.54, 1.807) is 30.3 Å². The number of aromatic nitrogens is 4. The molecular formula is C22H18FN5O4S. The van der Waals surface area contributed by atoms with Gasteiger partial charge < -0.3 is 9.47 Å². The number of carbonyl (C=O) groups is 1. The largest absolute Gasteiger partial charge is 0.481 e. The molecule has 0 atom stereocenters. The maximum Gasteiger partial charge on any atom is 0.266 e. The Hall–Kier alpha value is -3.99. The molecular weight excluding hydrogens is 449 g/mol. The number of ether oxygens (including phenoxy) is 2. The lowest BCUT2D eigenvalue weighted by molar-refractivity contribution is -0.113. The van der Waals surface area contributed by atoms with Crippen molar-refractivity contribution in [1.82, 2.24) is 19.5 Å². The van der Waals surface area contributed by atoms with Gasteiger partial charge in [-0.15, -0.1) is 0 Å². The Morgan fingerprint density at radius 3 is 2.39 bits per heavy atom. The highest BCUT2D eigenvalue weighted by Gasteiger charge is 2.17. The average Bonchev–Trinajstić information content (AvgIpc) is 2.83. The number of methoxy groups -OCH3 is 2. The Labute approximate surface area is 191 Å². The number of para-hydroxylation sites is 2. The van der Waals surface area contributed by atoms with Crippen molar-refractivity contribution in [3.8, 4) is 17.4 Å². The zero-order valence-corrected chi connectivity index (χ0v) is 18.4. The molecule has 2 aromatic carbocycles. The standard InChI is InChI=1S/C22H18FN5O4S/c1-31-18-11-19(32-2)27-21(26-18)25-17(29)12-33-22-24-15-9-5-3-7-13(15)20(30)28(22)16-10-6-4-8-14(16)23/h3-11H,12H2,1-2H3,(H,25,26,27,29). The number of amides is 1. The van der Waals surface area contributed by atoms with Gasteiger partial charge in [0.25, 0.3) is 5.56 Å². The molecule has 33 heavy (non-hydrogen) atoms. The molecule has 4 aromatic rings. The molecule has 0 unspecified atom stereocenters. The molecule has 0 aliphatic heterocycles. The number of rotatable bonds is 7. The molecule has 0 fully saturated rings. The molecule has 0 aliphatic rings. The van der Waals surface area contributed by atoms with E-state index >= 15 is 0 Å². The fraction of sp³-hybridized carbons (Fsp3) is 0.136. The topological polar surface area (TPSA) is 108 Å². The van der Waals surface area contributed by atoms with E-state index in [1.165, 1.54) is 43.1 Å². The molecule has 0 spiro atoms. The van der Waals surface area contributed by atoms with Gasteiger partial charge in [0.2, 0.25) is 23.6 Å². The molecule has 4 rings (SSSR count).